The standard InChI is InChI=1S/C15H18N2O4/c1-2-16(10-6-7-10)15(20)17-8-9-21-13-11(14(18)19)4-3-5-12(13)17/h3-5,10H,2,6-9H2,1H3,(H,18,19). The monoisotopic (exact) mass is 290 g/mol. The molecule has 1 aromatic carbocycles. The summed E-state index contributed by atoms with van der Waals surface area (Å²) in [5.41, 5.74) is 0.643. The minimum Gasteiger partial charge on any atom is -0.489 e. The summed E-state index contributed by atoms with van der Waals surface area (Å²) in [6.45, 7) is 3.38. The molecular formula is C15H18N2O4. The van der Waals surface area contributed by atoms with Gasteiger partial charge < -0.3 is 14.7 Å². The van der Waals surface area contributed by atoms with Gasteiger partial charge in [0.2, 0.25) is 0 Å². The number of hydrogen-bond donors (Lipinski definition) is 1. The number of carbonyl (C=O) groups excluding carboxylic acids is 1. The molecule has 0 unspecified atom stereocenters. The van der Waals surface area contributed by atoms with E-state index in [4.69, 9.17) is 4.74 Å². The van der Waals surface area contributed by atoms with E-state index >= 15 is 0 Å². The maximum atomic E-state index is 12.7. The number of amides is 2. The van der Waals surface area contributed by atoms with Crippen molar-refractivity contribution in [1.29, 1.82) is 0 Å². The zero-order valence-electron chi connectivity index (χ0n) is 11.9. The number of carboxylic acids is 1. The van der Waals surface area contributed by atoms with Crippen molar-refractivity contribution in [3.05, 3.63) is 23.8 Å². The molecule has 1 aliphatic carbocycles. The second-order valence-corrected chi connectivity index (χ2v) is 5.26. The van der Waals surface area contributed by atoms with E-state index in [1.165, 1.54) is 6.07 Å². The van der Waals surface area contributed by atoms with E-state index in [0.717, 1.165) is 12.8 Å². The number of carboxylic acid groups (broad SMARTS) is 1. The Balaban J connectivity index is 1.95. The SMILES string of the molecule is CCN(C(=O)N1CCOc2c(C(=O)O)cccc21)C1CC1. The molecule has 2 aliphatic rings. The van der Waals surface area contributed by atoms with E-state index in [1.54, 1.807) is 17.0 Å². The summed E-state index contributed by atoms with van der Waals surface area (Å²) >= 11 is 0. The van der Waals surface area contributed by atoms with E-state index in [9.17, 15) is 14.7 Å². The molecule has 1 saturated carbocycles. The number of benzene rings is 1. The summed E-state index contributed by atoms with van der Waals surface area (Å²) in [7, 11) is 0. The third kappa shape index (κ3) is 2.41. The highest BCUT2D eigenvalue weighted by Crippen LogP contribution is 2.37. The lowest BCUT2D eigenvalue weighted by molar-refractivity contribution is 0.0691. The predicted molar refractivity (Wildman–Crippen MR) is 77.0 cm³/mol. The number of anilines is 1. The number of para-hydroxylation sites is 1. The number of rotatable bonds is 3. The van der Waals surface area contributed by atoms with Crippen LogP contribution in [0.4, 0.5) is 10.5 Å². The quantitative estimate of drug-likeness (QED) is 0.926. The first-order chi connectivity index (χ1) is 10.1. The fraction of sp³-hybridized carbons (Fsp3) is 0.467. The normalized spacial score (nSPS) is 16.9. The Bertz CT molecular complexity index is 583. The third-order valence-electron chi connectivity index (χ3n) is 3.88. The Labute approximate surface area is 122 Å². The Kier molecular flexibility index (Phi) is 3.45. The van der Waals surface area contributed by atoms with Crippen LogP contribution in [0.15, 0.2) is 18.2 Å². The first-order valence-corrected chi connectivity index (χ1v) is 7.20. The van der Waals surface area contributed by atoms with Crippen LogP contribution in [0.5, 0.6) is 5.75 Å². The molecule has 1 heterocycles. The van der Waals surface area contributed by atoms with Crippen molar-refractivity contribution >= 4 is 17.7 Å². The summed E-state index contributed by atoms with van der Waals surface area (Å²) in [6.07, 6.45) is 2.10. The number of fused-ring (bicyclic) bond motifs is 1. The van der Waals surface area contributed by atoms with Crippen molar-refractivity contribution in [3.8, 4) is 5.75 Å². The molecule has 1 fully saturated rings. The average molecular weight is 290 g/mol. The van der Waals surface area contributed by atoms with Gasteiger partial charge >= 0.3 is 12.0 Å². The van der Waals surface area contributed by atoms with E-state index in [1.807, 2.05) is 11.8 Å². The number of nitrogens with zero attached hydrogens (tertiary/aromatic N) is 2. The van der Waals surface area contributed by atoms with E-state index < -0.39 is 5.97 Å². The maximum absolute atomic E-state index is 12.7. The molecule has 0 radical (unpaired) electrons. The Morgan fingerprint density at radius 2 is 2.19 bits per heavy atom. The molecule has 0 aromatic heterocycles. The summed E-state index contributed by atoms with van der Waals surface area (Å²) in [6, 6.07) is 5.14. The van der Waals surface area contributed by atoms with Crippen molar-refractivity contribution in [3.63, 3.8) is 0 Å². The van der Waals surface area contributed by atoms with Crippen LogP contribution in [0, 0.1) is 0 Å². The molecule has 21 heavy (non-hydrogen) atoms. The third-order valence-corrected chi connectivity index (χ3v) is 3.88. The second kappa shape index (κ2) is 5.27. The molecule has 0 spiro atoms. The van der Waals surface area contributed by atoms with Crippen LogP contribution >= 0.6 is 0 Å². The van der Waals surface area contributed by atoms with Gasteiger partial charge in [-0.2, -0.15) is 0 Å². The van der Waals surface area contributed by atoms with Gasteiger partial charge in [0.05, 0.1) is 12.2 Å². The zero-order chi connectivity index (χ0) is 15.0. The van der Waals surface area contributed by atoms with E-state index in [2.05, 4.69) is 0 Å². The van der Waals surface area contributed by atoms with E-state index in [0.29, 0.717) is 31.4 Å². The van der Waals surface area contributed by atoms with Crippen molar-refractivity contribution in [1.82, 2.24) is 4.90 Å². The van der Waals surface area contributed by atoms with Gasteiger partial charge in [-0.3, -0.25) is 4.90 Å². The smallest absolute Gasteiger partial charge is 0.339 e. The Morgan fingerprint density at radius 3 is 2.81 bits per heavy atom. The van der Waals surface area contributed by atoms with Crippen LogP contribution in [0.1, 0.15) is 30.1 Å². The molecule has 6 nitrogen and oxygen atoms in total. The molecule has 1 N–H and O–H groups in total. The largest absolute Gasteiger partial charge is 0.489 e. The van der Waals surface area contributed by atoms with Gasteiger partial charge in [0.1, 0.15) is 12.2 Å². The van der Waals surface area contributed by atoms with Gasteiger partial charge in [-0.1, -0.05) is 6.07 Å². The van der Waals surface area contributed by atoms with Crippen LogP contribution < -0.4 is 9.64 Å². The molecule has 112 valence electrons. The highest BCUT2D eigenvalue weighted by Gasteiger charge is 2.36. The van der Waals surface area contributed by atoms with Crippen molar-refractivity contribution in [2.24, 2.45) is 0 Å². The van der Waals surface area contributed by atoms with Crippen molar-refractivity contribution in [2.45, 2.75) is 25.8 Å². The van der Waals surface area contributed by atoms with Gasteiger partial charge in [0, 0.05) is 12.6 Å². The first-order valence-electron chi connectivity index (χ1n) is 7.20. The summed E-state index contributed by atoms with van der Waals surface area (Å²) in [5, 5.41) is 9.23. The van der Waals surface area contributed by atoms with Crippen LogP contribution in [0.2, 0.25) is 0 Å². The van der Waals surface area contributed by atoms with Crippen LogP contribution in [-0.4, -0.2) is 47.7 Å². The molecule has 3 rings (SSSR count). The molecule has 0 saturated heterocycles. The molecule has 6 heteroatoms. The fourth-order valence-corrected chi connectivity index (χ4v) is 2.71. The van der Waals surface area contributed by atoms with Gasteiger partial charge in [-0.05, 0) is 31.9 Å². The lowest BCUT2D eigenvalue weighted by atomic mass is 10.1. The van der Waals surface area contributed by atoms with Crippen molar-refractivity contribution < 1.29 is 19.4 Å². The molecule has 0 bridgehead atoms. The van der Waals surface area contributed by atoms with E-state index in [-0.39, 0.29) is 17.3 Å². The maximum Gasteiger partial charge on any atom is 0.339 e. The average Bonchev–Trinajstić information content (AvgIpc) is 3.31. The molecule has 1 aromatic rings. The second-order valence-electron chi connectivity index (χ2n) is 5.26. The van der Waals surface area contributed by atoms with Crippen LogP contribution in [0.3, 0.4) is 0 Å². The highest BCUT2D eigenvalue weighted by atomic mass is 16.5. The topological polar surface area (TPSA) is 70.1 Å². The Hall–Kier alpha value is -2.24. The number of hydrogen-bond acceptors (Lipinski definition) is 3. The Morgan fingerprint density at radius 1 is 1.43 bits per heavy atom. The number of ether oxygens (including phenoxy) is 1. The lowest BCUT2D eigenvalue weighted by Gasteiger charge is -2.34. The van der Waals surface area contributed by atoms with Gasteiger partial charge in [0.25, 0.3) is 0 Å². The lowest BCUT2D eigenvalue weighted by Crippen LogP contribution is -2.47. The molecular weight excluding hydrogens is 272 g/mol. The summed E-state index contributed by atoms with van der Waals surface area (Å²) in [4.78, 5) is 27.4. The molecule has 2 amide bonds. The van der Waals surface area contributed by atoms with Crippen LogP contribution in [-0.2, 0) is 0 Å². The minimum atomic E-state index is -1.05. The summed E-state index contributed by atoms with van der Waals surface area (Å²) in [5.74, 6) is -0.757. The first kappa shape index (κ1) is 13.7. The number of urea groups is 1. The minimum absolute atomic E-state index is 0.0629. The number of carbonyl (C=O) groups is 2. The van der Waals surface area contributed by atoms with Gasteiger partial charge in [-0.25, -0.2) is 9.59 Å². The van der Waals surface area contributed by atoms with Gasteiger partial charge in [-0.15, -0.1) is 0 Å². The summed E-state index contributed by atoms with van der Waals surface area (Å²) < 4.78 is 5.49. The number of aromatic carboxylic acids is 1. The van der Waals surface area contributed by atoms with Crippen LogP contribution in [0.25, 0.3) is 0 Å². The molecule has 0 atom stereocenters. The molecule has 1 aliphatic heterocycles. The fourth-order valence-electron chi connectivity index (χ4n) is 2.71. The van der Waals surface area contributed by atoms with Gasteiger partial charge in [0.15, 0.2) is 5.75 Å². The van der Waals surface area contributed by atoms with Crippen molar-refractivity contribution in [2.75, 3.05) is 24.6 Å². The highest BCUT2D eigenvalue weighted by molar-refractivity contribution is 5.99. The predicted octanol–water partition coefficient (Wildman–Crippen LogP) is 2.19. The zero-order valence-corrected chi connectivity index (χ0v) is 11.9.